The SMILES string of the molecule is CC(C)OCc1c(C(=O)OC(C)C(=O)NCc2ccccc2Cl)oc2ccccc12. The monoisotopic (exact) mass is 429 g/mol. The maximum absolute atomic E-state index is 12.8. The first-order valence-electron chi connectivity index (χ1n) is 9.71. The Morgan fingerprint density at radius 1 is 1.07 bits per heavy atom. The van der Waals surface area contributed by atoms with Crippen LogP contribution in [0.25, 0.3) is 11.0 Å². The molecule has 1 heterocycles. The smallest absolute Gasteiger partial charge is 0.375 e. The van der Waals surface area contributed by atoms with Crippen molar-refractivity contribution in [2.45, 2.75) is 46.1 Å². The molecule has 1 aromatic heterocycles. The summed E-state index contributed by atoms with van der Waals surface area (Å²) in [5.74, 6) is -1.10. The molecule has 1 N–H and O–H groups in total. The highest BCUT2D eigenvalue weighted by Crippen LogP contribution is 2.28. The van der Waals surface area contributed by atoms with Crippen molar-refractivity contribution in [3.63, 3.8) is 0 Å². The van der Waals surface area contributed by atoms with Crippen molar-refractivity contribution >= 4 is 34.4 Å². The van der Waals surface area contributed by atoms with Gasteiger partial charge in [0, 0.05) is 22.5 Å². The predicted molar refractivity (Wildman–Crippen MR) is 114 cm³/mol. The number of esters is 1. The lowest BCUT2D eigenvalue weighted by Crippen LogP contribution is -2.35. The lowest BCUT2D eigenvalue weighted by Gasteiger charge is -2.14. The fourth-order valence-electron chi connectivity index (χ4n) is 2.89. The van der Waals surface area contributed by atoms with Gasteiger partial charge < -0.3 is 19.2 Å². The summed E-state index contributed by atoms with van der Waals surface area (Å²) in [6, 6.07) is 14.5. The molecule has 0 saturated heterocycles. The van der Waals surface area contributed by atoms with Gasteiger partial charge in [0.2, 0.25) is 5.76 Å². The second-order valence-corrected chi connectivity index (χ2v) is 7.53. The van der Waals surface area contributed by atoms with Crippen LogP contribution in [0.2, 0.25) is 5.02 Å². The van der Waals surface area contributed by atoms with Crippen LogP contribution in [0.5, 0.6) is 0 Å². The van der Waals surface area contributed by atoms with Gasteiger partial charge >= 0.3 is 5.97 Å². The highest BCUT2D eigenvalue weighted by atomic mass is 35.5. The summed E-state index contributed by atoms with van der Waals surface area (Å²) in [5.41, 5.74) is 1.94. The quantitative estimate of drug-likeness (QED) is 0.517. The molecule has 30 heavy (non-hydrogen) atoms. The van der Waals surface area contributed by atoms with Crippen LogP contribution < -0.4 is 5.32 Å². The van der Waals surface area contributed by atoms with Gasteiger partial charge in [-0.3, -0.25) is 4.79 Å². The van der Waals surface area contributed by atoms with E-state index in [1.54, 1.807) is 12.1 Å². The average molecular weight is 430 g/mol. The number of ether oxygens (including phenoxy) is 2. The van der Waals surface area contributed by atoms with Gasteiger partial charge in [-0.25, -0.2) is 4.79 Å². The second kappa shape index (κ2) is 9.78. The van der Waals surface area contributed by atoms with Gasteiger partial charge in [0.1, 0.15) is 5.58 Å². The summed E-state index contributed by atoms with van der Waals surface area (Å²) >= 11 is 6.10. The van der Waals surface area contributed by atoms with Crippen molar-refractivity contribution in [2.75, 3.05) is 0 Å². The molecule has 158 valence electrons. The Kier molecular flexibility index (Phi) is 7.13. The van der Waals surface area contributed by atoms with E-state index >= 15 is 0 Å². The van der Waals surface area contributed by atoms with Crippen LogP contribution in [0.3, 0.4) is 0 Å². The number of furan rings is 1. The number of benzene rings is 2. The molecule has 3 rings (SSSR count). The predicted octanol–water partition coefficient (Wildman–Crippen LogP) is 4.87. The molecular weight excluding hydrogens is 406 g/mol. The Morgan fingerprint density at radius 3 is 2.50 bits per heavy atom. The van der Waals surface area contributed by atoms with Crippen molar-refractivity contribution < 1.29 is 23.5 Å². The molecule has 0 saturated carbocycles. The molecule has 6 nitrogen and oxygen atoms in total. The molecule has 0 fully saturated rings. The van der Waals surface area contributed by atoms with Crippen LogP contribution in [0.15, 0.2) is 52.9 Å². The first-order valence-corrected chi connectivity index (χ1v) is 10.1. The number of para-hydroxylation sites is 1. The van der Waals surface area contributed by atoms with Crippen molar-refractivity contribution in [3.05, 3.63) is 70.4 Å². The summed E-state index contributed by atoms with van der Waals surface area (Å²) in [6.07, 6.45) is -1.02. The van der Waals surface area contributed by atoms with E-state index < -0.39 is 18.0 Å². The van der Waals surface area contributed by atoms with Crippen LogP contribution >= 0.6 is 11.6 Å². The molecule has 1 atom stereocenters. The number of nitrogens with one attached hydrogen (secondary N) is 1. The molecule has 0 aliphatic heterocycles. The second-order valence-electron chi connectivity index (χ2n) is 7.12. The van der Waals surface area contributed by atoms with Gasteiger partial charge in [-0.1, -0.05) is 48.0 Å². The van der Waals surface area contributed by atoms with Crippen molar-refractivity contribution in [1.29, 1.82) is 0 Å². The molecule has 0 aliphatic rings. The third-order valence-corrected chi connectivity index (χ3v) is 4.88. The van der Waals surface area contributed by atoms with Gasteiger partial charge in [0.05, 0.1) is 12.7 Å². The van der Waals surface area contributed by atoms with E-state index in [2.05, 4.69) is 5.32 Å². The van der Waals surface area contributed by atoms with Gasteiger partial charge in [0.25, 0.3) is 5.91 Å². The Morgan fingerprint density at radius 2 is 1.77 bits per heavy atom. The minimum Gasteiger partial charge on any atom is -0.449 e. The van der Waals surface area contributed by atoms with Gasteiger partial charge in [0.15, 0.2) is 6.10 Å². The minimum atomic E-state index is -1.01. The Hall–Kier alpha value is -2.83. The molecule has 0 aliphatic carbocycles. The van der Waals surface area contributed by atoms with Crippen LogP contribution in [0, 0.1) is 0 Å². The highest BCUT2D eigenvalue weighted by molar-refractivity contribution is 6.31. The number of amides is 1. The van der Waals surface area contributed by atoms with Crippen molar-refractivity contribution in [1.82, 2.24) is 5.32 Å². The third-order valence-electron chi connectivity index (χ3n) is 4.51. The van der Waals surface area contributed by atoms with Crippen LogP contribution in [0.4, 0.5) is 0 Å². The molecule has 2 aromatic carbocycles. The Labute approximate surface area is 180 Å². The van der Waals surface area contributed by atoms with E-state index in [0.29, 0.717) is 16.2 Å². The Balaban J connectivity index is 1.70. The molecule has 0 radical (unpaired) electrons. The number of fused-ring (bicyclic) bond motifs is 1. The molecule has 1 amide bonds. The highest BCUT2D eigenvalue weighted by Gasteiger charge is 2.26. The third kappa shape index (κ3) is 5.20. The number of rotatable bonds is 8. The maximum atomic E-state index is 12.8. The number of carbonyl (C=O) groups excluding carboxylic acids is 2. The number of carbonyl (C=O) groups is 2. The zero-order chi connectivity index (χ0) is 21.7. The van der Waals surface area contributed by atoms with Crippen molar-refractivity contribution in [2.24, 2.45) is 0 Å². The fourth-order valence-corrected chi connectivity index (χ4v) is 3.09. The first kappa shape index (κ1) is 21.9. The molecule has 0 bridgehead atoms. The van der Waals surface area contributed by atoms with Gasteiger partial charge in [-0.15, -0.1) is 0 Å². The van der Waals surface area contributed by atoms with E-state index in [-0.39, 0.29) is 25.0 Å². The minimum absolute atomic E-state index is 0.0166. The normalized spacial score (nSPS) is 12.2. The van der Waals surface area contributed by atoms with Gasteiger partial charge in [-0.2, -0.15) is 0 Å². The van der Waals surface area contributed by atoms with Gasteiger partial charge in [-0.05, 0) is 38.5 Å². The topological polar surface area (TPSA) is 77.8 Å². The van der Waals surface area contributed by atoms with E-state index in [0.717, 1.165) is 10.9 Å². The lowest BCUT2D eigenvalue weighted by atomic mass is 10.1. The lowest BCUT2D eigenvalue weighted by molar-refractivity contribution is -0.129. The summed E-state index contributed by atoms with van der Waals surface area (Å²) in [7, 11) is 0. The van der Waals surface area contributed by atoms with E-state index in [1.807, 2.05) is 50.2 Å². The van der Waals surface area contributed by atoms with Crippen molar-refractivity contribution in [3.8, 4) is 0 Å². The summed E-state index contributed by atoms with van der Waals surface area (Å²) in [5, 5.41) is 4.06. The molecular formula is C23H24ClNO5. The van der Waals surface area contributed by atoms with E-state index in [1.165, 1.54) is 6.92 Å². The number of hydrogen-bond donors (Lipinski definition) is 1. The summed E-state index contributed by atoms with van der Waals surface area (Å²) in [6.45, 7) is 5.76. The Bertz CT molecular complexity index is 1040. The number of halogens is 1. The average Bonchev–Trinajstić information content (AvgIpc) is 3.10. The first-order chi connectivity index (χ1) is 14.4. The summed E-state index contributed by atoms with van der Waals surface area (Å²) < 4.78 is 16.8. The zero-order valence-electron chi connectivity index (χ0n) is 17.1. The standard InChI is InChI=1S/C23H24ClNO5/c1-14(2)28-13-18-17-9-5-7-11-20(17)30-21(18)23(27)29-15(3)22(26)25-12-16-8-4-6-10-19(16)24/h4-11,14-15H,12-13H2,1-3H3,(H,25,26). The maximum Gasteiger partial charge on any atom is 0.375 e. The van der Waals surface area contributed by atoms with Crippen LogP contribution in [0.1, 0.15) is 42.5 Å². The molecule has 1 unspecified atom stereocenters. The molecule has 7 heteroatoms. The zero-order valence-corrected chi connectivity index (χ0v) is 17.9. The number of hydrogen-bond acceptors (Lipinski definition) is 5. The summed E-state index contributed by atoms with van der Waals surface area (Å²) in [4.78, 5) is 25.1. The van der Waals surface area contributed by atoms with Crippen LogP contribution in [-0.2, 0) is 27.4 Å². The fraction of sp³-hybridized carbons (Fsp3) is 0.304. The molecule has 0 spiro atoms. The largest absolute Gasteiger partial charge is 0.449 e. The van der Waals surface area contributed by atoms with Crippen LogP contribution in [-0.4, -0.2) is 24.1 Å². The van der Waals surface area contributed by atoms with E-state index in [4.69, 9.17) is 25.5 Å². The van der Waals surface area contributed by atoms with E-state index in [9.17, 15) is 9.59 Å². The molecule has 3 aromatic rings.